The van der Waals surface area contributed by atoms with Crippen LogP contribution in [0.25, 0.3) is 0 Å². The minimum atomic E-state index is -3.77. The third kappa shape index (κ3) is 3.22. The number of aromatic nitrogens is 2. The molecule has 1 atom stereocenters. The summed E-state index contributed by atoms with van der Waals surface area (Å²) in [5.41, 5.74) is 5.96. The molecule has 0 saturated carbocycles. The van der Waals surface area contributed by atoms with E-state index in [1.165, 1.54) is 6.07 Å². The van der Waals surface area contributed by atoms with Crippen LogP contribution in [0.5, 0.6) is 0 Å². The minimum Gasteiger partial charge on any atom is -0.398 e. The second-order valence-corrected chi connectivity index (χ2v) is 7.54. The third-order valence-corrected chi connectivity index (χ3v) is 5.57. The SMILES string of the molecule is CC(NS(=O)(=O)c1c(N)cc(Br)cc1Br)c1ncc[nH]1. The molecule has 0 saturated heterocycles. The number of nitrogens with two attached hydrogens (primary N) is 1. The highest BCUT2D eigenvalue weighted by Crippen LogP contribution is 2.32. The number of halogens is 2. The number of rotatable bonds is 4. The van der Waals surface area contributed by atoms with Gasteiger partial charge in [0.15, 0.2) is 0 Å². The molecule has 0 aliphatic rings. The fourth-order valence-corrected chi connectivity index (χ4v) is 5.00. The molecule has 1 unspecified atom stereocenters. The van der Waals surface area contributed by atoms with Gasteiger partial charge in [0.1, 0.15) is 10.7 Å². The Kier molecular flexibility index (Phi) is 4.52. The fourth-order valence-electron chi connectivity index (χ4n) is 1.73. The molecule has 0 amide bonds. The van der Waals surface area contributed by atoms with Crippen molar-refractivity contribution >= 4 is 47.6 Å². The van der Waals surface area contributed by atoms with E-state index in [1.54, 1.807) is 25.4 Å². The summed E-state index contributed by atoms with van der Waals surface area (Å²) in [5.74, 6) is 0.528. The minimum absolute atomic E-state index is 0.0131. The van der Waals surface area contributed by atoms with Crippen LogP contribution >= 0.6 is 31.9 Å². The van der Waals surface area contributed by atoms with Crippen LogP contribution in [0.1, 0.15) is 18.8 Å². The number of anilines is 1. The first-order valence-corrected chi connectivity index (χ1v) is 8.64. The van der Waals surface area contributed by atoms with Crippen molar-refractivity contribution < 1.29 is 8.42 Å². The van der Waals surface area contributed by atoms with E-state index in [0.717, 1.165) is 0 Å². The topological polar surface area (TPSA) is 101 Å². The Labute approximate surface area is 133 Å². The van der Waals surface area contributed by atoms with Gasteiger partial charge >= 0.3 is 0 Å². The first kappa shape index (κ1) is 15.5. The number of nitrogens with zero attached hydrogens (tertiary/aromatic N) is 1. The number of imidazole rings is 1. The maximum Gasteiger partial charge on any atom is 0.244 e. The third-order valence-electron chi connectivity index (χ3n) is 2.57. The Hall–Kier alpha value is -0.900. The molecule has 108 valence electrons. The van der Waals surface area contributed by atoms with Gasteiger partial charge in [0, 0.05) is 21.3 Å². The van der Waals surface area contributed by atoms with Crippen molar-refractivity contribution in [3.05, 3.63) is 39.3 Å². The zero-order chi connectivity index (χ0) is 14.9. The summed E-state index contributed by atoms with van der Waals surface area (Å²) < 4.78 is 28.4. The number of benzene rings is 1. The van der Waals surface area contributed by atoms with Crippen LogP contribution in [0, 0.1) is 0 Å². The number of hydrogen-bond acceptors (Lipinski definition) is 4. The molecule has 0 fully saturated rings. The molecule has 2 aromatic rings. The molecular formula is C11H12Br2N4O2S. The number of H-pyrrole nitrogens is 1. The van der Waals surface area contributed by atoms with Crippen LogP contribution in [0.2, 0.25) is 0 Å². The van der Waals surface area contributed by atoms with Crippen LogP contribution in [-0.2, 0) is 10.0 Å². The van der Waals surface area contributed by atoms with Crippen LogP contribution in [-0.4, -0.2) is 18.4 Å². The fraction of sp³-hybridized carbons (Fsp3) is 0.182. The van der Waals surface area contributed by atoms with Crippen molar-refractivity contribution in [3.63, 3.8) is 0 Å². The number of nitrogen functional groups attached to an aromatic ring is 1. The van der Waals surface area contributed by atoms with Crippen molar-refractivity contribution in [3.8, 4) is 0 Å². The number of aromatic amines is 1. The molecule has 0 spiro atoms. The average molecular weight is 424 g/mol. The quantitative estimate of drug-likeness (QED) is 0.657. The zero-order valence-corrected chi connectivity index (χ0v) is 14.4. The molecular weight excluding hydrogens is 412 g/mol. The Morgan fingerprint density at radius 1 is 1.40 bits per heavy atom. The van der Waals surface area contributed by atoms with Crippen molar-refractivity contribution in [1.82, 2.24) is 14.7 Å². The van der Waals surface area contributed by atoms with Gasteiger partial charge < -0.3 is 10.7 Å². The van der Waals surface area contributed by atoms with Crippen LogP contribution in [0.15, 0.2) is 38.4 Å². The summed E-state index contributed by atoms with van der Waals surface area (Å²) in [6.07, 6.45) is 3.19. The van der Waals surface area contributed by atoms with Gasteiger partial charge in [0.05, 0.1) is 11.7 Å². The molecule has 1 aromatic heterocycles. The molecule has 0 aliphatic carbocycles. The van der Waals surface area contributed by atoms with E-state index in [0.29, 0.717) is 14.8 Å². The van der Waals surface area contributed by atoms with Gasteiger partial charge in [-0.15, -0.1) is 0 Å². The molecule has 0 radical (unpaired) electrons. The van der Waals surface area contributed by atoms with Gasteiger partial charge in [-0.05, 0) is 35.0 Å². The number of nitrogens with one attached hydrogen (secondary N) is 2. The van der Waals surface area contributed by atoms with Crippen LogP contribution in [0.3, 0.4) is 0 Å². The van der Waals surface area contributed by atoms with E-state index in [1.807, 2.05) is 0 Å². The van der Waals surface area contributed by atoms with Gasteiger partial charge in [0.2, 0.25) is 10.0 Å². The van der Waals surface area contributed by atoms with Gasteiger partial charge in [-0.2, -0.15) is 0 Å². The lowest BCUT2D eigenvalue weighted by Gasteiger charge is -2.15. The van der Waals surface area contributed by atoms with Gasteiger partial charge in [-0.3, -0.25) is 0 Å². The highest BCUT2D eigenvalue weighted by Gasteiger charge is 2.24. The predicted octanol–water partition coefficient (Wildman–Crippen LogP) is 2.56. The summed E-state index contributed by atoms with van der Waals surface area (Å²) in [5, 5.41) is 0. The first-order chi connectivity index (χ1) is 9.31. The van der Waals surface area contributed by atoms with Gasteiger partial charge in [-0.25, -0.2) is 18.1 Å². The lowest BCUT2D eigenvalue weighted by atomic mass is 10.3. The molecule has 0 bridgehead atoms. The van der Waals surface area contributed by atoms with E-state index in [-0.39, 0.29) is 10.6 Å². The van der Waals surface area contributed by atoms with Crippen molar-refractivity contribution in [2.45, 2.75) is 17.9 Å². The molecule has 0 aliphatic heterocycles. The van der Waals surface area contributed by atoms with Crippen LogP contribution < -0.4 is 10.5 Å². The summed E-state index contributed by atoms with van der Waals surface area (Å²) in [6, 6.07) is 2.67. The highest BCUT2D eigenvalue weighted by atomic mass is 79.9. The van der Waals surface area contributed by atoms with Crippen LogP contribution in [0.4, 0.5) is 5.69 Å². The van der Waals surface area contributed by atoms with Crippen molar-refractivity contribution in [2.75, 3.05) is 5.73 Å². The smallest absolute Gasteiger partial charge is 0.244 e. The van der Waals surface area contributed by atoms with E-state index in [4.69, 9.17) is 5.73 Å². The zero-order valence-electron chi connectivity index (χ0n) is 10.4. The Morgan fingerprint density at radius 2 is 2.10 bits per heavy atom. The Bertz CT molecular complexity index is 693. The number of hydrogen-bond donors (Lipinski definition) is 3. The average Bonchev–Trinajstić information content (AvgIpc) is 2.78. The molecule has 1 heterocycles. The second kappa shape index (κ2) is 5.84. The van der Waals surface area contributed by atoms with E-state index in [2.05, 4.69) is 46.5 Å². The molecule has 6 nitrogen and oxygen atoms in total. The summed E-state index contributed by atoms with van der Waals surface area (Å²) in [4.78, 5) is 6.89. The lowest BCUT2D eigenvalue weighted by molar-refractivity contribution is 0.561. The maximum atomic E-state index is 12.4. The predicted molar refractivity (Wildman–Crippen MR) is 83.6 cm³/mol. The summed E-state index contributed by atoms with van der Waals surface area (Å²) in [7, 11) is -3.77. The monoisotopic (exact) mass is 422 g/mol. The summed E-state index contributed by atoms with van der Waals surface area (Å²) in [6.45, 7) is 1.69. The maximum absolute atomic E-state index is 12.4. The van der Waals surface area contributed by atoms with Crippen molar-refractivity contribution in [1.29, 1.82) is 0 Å². The van der Waals surface area contributed by atoms with Gasteiger partial charge in [-0.1, -0.05) is 15.9 Å². The highest BCUT2D eigenvalue weighted by molar-refractivity contribution is 9.11. The Morgan fingerprint density at radius 3 is 2.65 bits per heavy atom. The first-order valence-electron chi connectivity index (χ1n) is 5.57. The van der Waals surface area contributed by atoms with E-state index >= 15 is 0 Å². The lowest BCUT2D eigenvalue weighted by Crippen LogP contribution is -2.28. The van der Waals surface area contributed by atoms with E-state index < -0.39 is 16.1 Å². The largest absolute Gasteiger partial charge is 0.398 e. The van der Waals surface area contributed by atoms with Gasteiger partial charge in [0.25, 0.3) is 0 Å². The second-order valence-electron chi connectivity index (χ2n) is 4.12. The normalized spacial score (nSPS) is 13.3. The van der Waals surface area contributed by atoms with E-state index in [9.17, 15) is 8.42 Å². The molecule has 1 aromatic carbocycles. The standard InChI is InChI=1S/C11H12Br2N4O2S/c1-6(11-15-2-3-16-11)17-20(18,19)10-8(13)4-7(12)5-9(10)14/h2-6,17H,14H2,1H3,(H,15,16). The molecule has 9 heteroatoms. The number of sulfonamides is 1. The molecule has 20 heavy (non-hydrogen) atoms. The Balaban J connectivity index is 2.37. The van der Waals surface area contributed by atoms with Crippen molar-refractivity contribution in [2.24, 2.45) is 0 Å². The molecule has 2 rings (SSSR count). The summed E-state index contributed by atoms with van der Waals surface area (Å²) >= 11 is 6.48. The molecule has 4 N–H and O–H groups in total.